The summed E-state index contributed by atoms with van der Waals surface area (Å²) >= 11 is 0. The Kier molecular flexibility index (Phi) is 6.77. The molecule has 0 unspecified atom stereocenters. The van der Waals surface area contributed by atoms with Gasteiger partial charge < -0.3 is 4.57 Å². The molecule has 3 heteroatoms. The van der Waals surface area contributed by atoms with Crippen molar-refractivity contribution in [1.82, 2.24) is 9.55 Å². The van der Waals surface area contributed by atoms with E-state index in [1.165, 1.54) is 66.0 Å². The van der Waals surface area contributed by atoms with Gasteiger partial charge in [0, 0.05) is 16.3 Å². The monoisotopic (exact) mass is 690 g/mol. The largest absolute Gasteiger partial charge is 0.307 e. The molecule has 0 aliphatic rings. The summed E-state index contributed by atoms with van der Waals surface area (Å²) in [6.07, 6.45) is 0. The number of aromatic nitrogens is 2. The Morgan fingerprint density at radius 3 is 1.76 bits per heavy atom. The Labute approximate surface area is 311 Å². The molecule has 9 aromatic carbocycles. The minimum Gasteiger partial charge on any atom is -0.307 e. The fourth-order valence-corrected chi connectivity index (χ4v) is 8.67. The number of nitrogens with zero attached hydrogens (tertiary/aromatic N) is 2. The smallest absolute Gasteiger partial charge is 0.123 e. The summed E-state index contributed by atoms with van der Waals surface area (Å²) in [5.74, 6) is -0.271. The van der Waals surface area contributed by atoms with Gasteiger partial charge in [-0.2, -0.15) is 0 Å². The van der Waals surface area contributed by atoms with Gasteiger partial charge in [0.05, 0.1) is 27.9 Å². The van der Waals surface area contributed by atoms with Gasteiger partial charge in [0.25, 0.3) is 0 Å². The second-order valence-electron chi connectivity index (χ2n) is 14.0. The van der Waals surface area contributed by atoms with Crippen molar-refractivity contribution in [3.05, 3.63) is 194 Å². The molecule has 0 radical (unpaired) electrons. The zero-order chi connectivity index (χ0) is 35.8. The summed E-state index contributed by atoms with van der Waals surface area (Å²) in [7, 11) is 0. The summed E-state index contributed by atoms with van der Waals surface area (Å²) in [6.45, 7) is 0. The predicted molar refractivity (Wildman–Crippen MR) is 225 cm³/mol. The molecule has 0 aliphatic carbocycles. The molecule has 0 spiro atoms. The van der Waals surface area contributed by atoms with Gasteiger partial charge >= 0.3 is 0 Å². The van der Waals surface area contributed by atoms with Gasteiger partial charge in [0.15, 0.2) is 0 Å². The van der Waals surface area contributed by atoms with E-state index in [-0.39, 0.29) is 5.82 Å². The normalized spacial score (nSPS) is 11.8. The van der Waals surface area contributed by atoms with Gasteiger partial charge in [-0.05, 0) is 102 Å². The molecule has 0 saturated heterocycles. The number of para-hydroxylation sites is 1. The van der Waals surface area contributed by atoms with E-state index in [0.717, 1.165) is 44.3 Å². The Morgan fingerprint density at radius 1 is 0.389 bits per heavy atom. The second kappa shape index (κ2) is 12.0. The van der Waals surface area contributed by atoms with Crippen molar-refractivity contribution in [2.45, 2.75) is 0 Å². The van der Waals surface area contributed by atoms with Crippen LogP contribution < -0.4 is 0 Å². The summed E-state index contributed by atoms with van der Waals surface area (Å²) in [6, 6.07) is 65.7. The summed E-state index contributed by atoms with van der Waals surface area (Å²) < 4.78 is 16.6. The molecule has 0 N–H and O–H groups in total. The lowest BCUT2D eigenvalue weighted by atomic mass is 9.84. The van der Waals surface area contributed by atoms with Crippen LogP contribution in [0.1, 0.15) is 0 Å². The highest BCUT2D eigenvalue weighted by Gasteiger charge is 2.21. The van der Waals surface area contributed by atoms with Crippen molar-refractivity contribution in [2.24, 2.45) is 0 Å². The topological polar surface area (TPSA) is 17.8 Å². The zero-order valence-corrected chi connectivity index (χ0v) is 29.2. The standard InChI is InChI=1S/C51H31FN2/c52-36-15-11-14-34(31-36)45-27-29-48-51(53-45)44-22-9-10-23-46(44)54(48)47-28-26-43(37-16-3-4-17-38(37)47)50-41-20-7-5-18-39(41)49(40-19-6-8-21-42(40)50)35-25-24-32-12-1-2-13-33(32)30-35/h1-31H. The van der Waals surface area contributed by atoms with Crippen LogP contribution in [0.15, 0.2) is 188 Å². The molecule has 0 aliphatic heterocycles. The van der Waals surface area contributed by atoms with E-state index in [1.807, 2.05) is 12.1 Å². The number of pyridine rings is 1. The lowest BCUT2D eigenvalue weighted by molar-refractivity contribution is 0.628. The average Bonchev–Trinajstić information content (AvgIpc) is 3.56. The summed E-state index contributed by atoms with van der Waals surface area (Å²) in [5.41, 5.74) is 10.5. The molecule has 0 bridgehead atoms. The number of halogens is 1. The Hall–Kier alpha value is -7.10. The van der Waals surface area contributed by atoms with E-state index < -0.39 is 0 Å². The highest BCUT2D eigenvalue weighted by molar-refractivity contribution is 6.24. The first-order chi connectivity index (χ1) is 26.7. The third kappa shape index (κ3) is 4.62. The van der Waals surface area contributed by atoms with Crippen molar-refractivity contribution in [3.63, 3.8) is 0 Å². The maximum atomic E-state index is 14.2. The average molecular weight is 691 g/mol. The number of rotatable bonds is 4. The minimum absolute atomic E-state index is 0.271. The molecule has 2 aromatic heterocycles. The fraction of sp³-hybridized carbons (Fsp3) is 0. The molecule has 0 atom stereocenters. The Morgan fingerprint density at radius 2 is 1.02 bits per heavy atom. The van der Waals surface area contributed by atoms with Gasteiger partial charge in [-0.3, -0.25) is 0 Å². The lowest BCUT2D eigenvalue weighted by Crippen LogP contribution is -1.97. The van der Waals surface area contributed by atoms with Gasteiger partial charge in [-0.15, -0.1) is 0 Å². The van der Waals surface area contributed by atoms with E-state index in [2.05, 4.69) is 162 Å². The van der Waals surface area contributed by atoms with Gasteiger partial charge in [0.1, 0.15) is 5.82 Å². The number of hydrogen-bond acceptors (Lipinski definition) is 1. The van der Waals surface area contributed by atoms with Crippen molar-refractivity contribution in [2.75, 3.05) is 0 Å². The van der Waals surface area contributed by atoms with Gasteiger partial charge in [0.2, 0.25) is 0 Å². The molecule has 2 nitrogen and oxygen atoms in total. The first-order valence-corrected chi connectivity index (χ1v) is 18.3. The second-order valence-corrected chi connectivity index (χ2v) is 14.0. The van der Waals surface area contributed by atoms with Crippen LogP contribution in [0.4, 0.5) is 4.39 Å². The maximum Gasteiger partial charge on any atom is 0.123 e. The van der Waals surface area contributed by atoms with Crippen LogP contribution in [0, 0.1) is 5.82 Å². The van der Waals surface area contributed by atoms with Crippen LogP contribution in [0.5, 0.6) is 0 Å². The van der Waals surface area contributed by atoms with Crippen molar-refractivity contribution < 1.29 is 4.39 Å². The molecule has 11 rings (SSSR count). The van der Waals surface area contributed by atoms with Crippen molar-refractivity contribution in [1.29, 1.82) is 0 Å². The molecule has 0 fully saturated rings. The molecule has 11 aromatic rings. The summed E-state index contributed by atoms with van der Waals surface area (Å²) in [5, 5.41) is 10.8. The van der Waals surface area contributed by atoms with Gasteiger partial charge in [-0.25, -0.2) is 9.37 Å². The molecular weight excluding hydrogens is 660 g/mol. The van der Waals surface area contributed by atoms with Crippen LogP contribution in [0.2, 0.25) is 0 Å². The van der Waals surface area contributed by atoms with Crippen LogP contribution in [-0.4, -0.2) is 9.55 Å². The van der Waals surface area contributed by atoms with Crippen LogP contribution in [0.25, 0.3) is 104 Å². The number of benzene rings is 9. The molecule has 54 heavy (non-hydrogen) atoms. The Balaban J connectivity index is 1.17. The lowest BCUT2D eigenvalue weighted by Gasteiger charge is -2.20. The SMILES string of the molecule is Fc1cccc(-c2ccc3c(n2)c2ccccc2n3-c2ccc(-c3c4ccccc4c(-c4ccc5ccccc5c4)c4ccccc34)c3ccccc23)c1. The van der Waals surface area contributed by atoms with E-state index in [4.69, 9.17) is 4.98 Å². The molecule has 252 valence electrons. The minimum atomic E-state index is -0.271. The fourth-order valence-electron chi connectivity index (χ4n) is 8.67. The number of fused-ring (bicyclic) bond motifs is 7. The van der Waals surface area contributed by atoms with E-state index in [0.29, 0.717) is 0 Å². The third-order valence-corrected chi connectivity index (χ3v) is 11.0. The molecule has 2 heterocycles. The quantitative estimate of drug-likeness (QED) is 0.168. The summed E-state index contributed by atoms with van der Waals surface area (Å²) in [4.78, 5) is 5.14. The van der Waals surface area contributed by atoms with Crippen molar-refractivity contribution >= 4 is 65.0 Å². The number of hydrogen-bond donors (Lipinski definition) is 0. The zero-order valence-electron chi connectivity index (χ0n) is 29.2. The Bertz CT molecular complexity index is 3240. The molecule has 0 saturated carbocycles. The van der Waals surface area contributed by atoms with Crippen LogP contribution in [-0.2, 0) is 0 Å². The molecule has 0 amide bonds. The highest BCUT2D eigenvalue weighted by atomic mass is 19.1. The molecular formula is C51H31FN2. The highest BCUT2D eigenvalue weighted by Crippen LogP contribution is 2.47. The third-order valence-electron chi connectivity index (χ3n) is 11.0. The van der Waals surface area contributed by atoms with E-state index >= 15 is 0 Å². The van der Waals surface area contributed by atoms with E-state index in [9.17, 15) is 4.39 Å². The first kappa shape index (κ1) is 30.5. The van der Waals surface area contributed by atoms with Crippen molar-refractivity contribution in [3.8, 4) is 39.2 Å². The van der Waals surface area contributed by atoms with Gasteiger partial charge in [-0.1, -0.05) is 146 Å². The van der Waals surface area contributed by atoms with E-state index in [1.54, 1.807) is 12.1 Å². The van der Waals surface area contributed by atoms with Crippen LogP contribution in [0.3, 0.4) is 0 Å². The van der Waals surface area contributed by atoms with Crippen LogP contribution >= 0.6 is 0 Å². The predicted octanol–water partition coefficient (Wildman–Crippen LogP) is 13.9. The maximum absolute atomic E-state index is 14.2. The first-order valence-electron chi connectivity index (χ1n) is 18.3.